The molecule has 1 amide bonds. The van der Waals surface area contributed by atoms with E-state index in [-0.39, 0.29) is 11.9 Å². The highest BCUT2D eigenvalue weighted by Gasteiger charge is 2.29. The van der Waals surface area contributed by atoms with Gasteiger partial charge >= 0.3 is 10.2 Å². The van der Waals surface area contributed by atoms with Gasteiger partial charge in [-0.15, -0.1) is 0 Å². The van der Waals surface area contributed by atoms with Gasteiger partial charge in [0.1, 0.15) is 12.0 Å². The lowest BCUT2D eigenvalue weighted by Gasteiger charge is -2.26. The fourth-order valence-corrected chi connectivity index (χ4v) is 4.37. The van der Waals surface area contributed by atoms with Gasteiger partial charge in [0.25, 0.3) is 5.91 Å². The number of aromatic nitrogens is 3. The number of hydrogen-bond acceptors (Lipinski definition) is 4. The summed E-state index contributed by atoms with van der Waals surface area (Å²) in [4.78, 5) is 16.2. The summed E-state index contributed by atoms with van der Waals surface area (Å²) in [6.07, 6.45) is 3.27. The first-order chi connectivity index (χ1) is 11.2. The van der Waals surface area contributed by atoms with Gasteiger partial charge in [0, 0.05) is 33.3 Å². The highest BCUT2D eigenvalue weighted by Crippen LogP contribution is 2.33. The Kier molecular flexibility index (Phi) is 4.62. The molecule has 1 aliphatic rings. The molecule has 0 saturated heterocycles. The first-order valence-corrected chi connectivity index (χ1v) is 10.0. The fraction of sp³-hybridized carbons (Fsp3) is 0.385. The third-order valence-electron chi connectivity index (χ3n) is 3.81. The van der Waals surface area contributed by atoms with Crippen LogP contribution in [-0.2, 0) is 16.6 Å². The van der Waals surface area contributed by atoms with Crippen molar-refractivity contribution >= 4 is 48.0 Å². The summed E-state index contributed by atoms with van der Waals surface area (Å²) in [6.45, 7) is 0.443. The summed E-state index contributed by atoms with van der Waals surface area (Å²) in [5.41, 5.74) is 1.18. The number of hydrogen-bond donors (Lipinski definition) is 1. The molecule has 0 aliphatic carbocycles. The van der Waals surface area contributed by atoms with Gasteiger partial charge < -0.3 is 9.88 Å². The second-order valence-corrected chi connectivity index (χ2v) is 9.24. The van der Waals surface area contributed by atoms with Crippen LogP contribution in [0.4, 0.5) is 0 Å². The number of amides is 1. The van der Waals surface area contributed by atoms with Crippen LogP contribution in [0.1, 0.15) is 22.2 Å². The van der Waals surface area contributed by atoms with Crippen LogP contribution in [0.15, 0.2) is 27.7 Å². The summed E-state index contributed by atoms with van der Waals surface area (Å²) < 4.78 is 29.9. The SMILES string of the molecule is CN(C)S(=O)(=O)n1cnc(C[C@H]2CNC(=O)c3cc(Br)c(Br)n32)c1. The van der Waals surface area contributed by atoms with Crippen molar-refractivity contribution in [3.63, 3.8) is 0 Å². The van der Waals surface area contributed by atoms with Crippen LogP contribution in [0.25, 0.3) is 0 Å². The number of halogens is 2. The van der Waals surface area contributed by atoms with Gasteiger partial charge in [0.15, 0.2) is 0 Å². The molecule has 24 heavy (non-hydrogen) atoms. The number of rotatable bonds is 4. The van der Waals surface area contributed by atoms with Gasteiger partial charge in [-0.05, 0) is 37.9 Å². The molecule has 3 heterocycles. The maximum absolute atomic E-state index is 12.1. The Hall–Kier alpha value is -1.17. The zero-order valence-corrected chi connectivity index (χ0v) is 16.9. The van der Waals surface area contributed by atoms with Crippen molar-refractivity contribution in [2.24, 2.45) is 0 Å². The molecule has 0 fully saturated rings. The molecular formula is C13H15Br2N5O3S. The average Bonchev–Trinajstić information content (AvgIpc) is 3.09. The first-order valence-electron chi connectivity index (χ1n) is 7.02. The van der Waals surface area contributed by atoms with Crippen molar-refractivity contribution in [3.8, 4) is 0 Å². The molecule has 1 N–H and O–H groups in total. The molecule has 8 nitrogen and oxygen atoms in total. The van der Waals surface area contributed by atoms with E-state index < -0.39 is 10.2 Å². The Morgan fingerprint density at radius 3 is 2.79 bits per heavy atom. The number of carbonyl (C=O) groups excluding carboxylic acids is 1. The number of nitrogens with one attached hydrogen (secondary N) is 1. The predicted molar refractivity (Wildman–Crippen MR) is 95.1 cm³/mol. The maximum Gasteiger partial charge on any atom is 0.308 e. The van der Waals surface area contributed by atoms with Gasteiger partial charge in [0.05, 0.1) is 20.8 Å². The molecule has 3 rings (SSSR count). The average molecular weight is 481 g/mol. The molecular weight excluding hydrogens is 466 g/mol. The van der Waals surface area contributed by atoms with E-state index in [0.717, 1.165) is 17.4 Å². The largest absolute Gasteiger partial charge is 0.349 e. The standard InChI is InChI=1S/C13H15Br2N5O3S/c1-18(2)24(22,23)19-6-8(17-7-19)3-9-5-16-13(21)11-4-10(14)12(15)20(9)11/h4,6-7,9H,3,5H2,1-2H3,(H,16,21)/t9-/m0/s1. The Bertz CT molecular complexity index is 903. The summed E-state index contributed by atoms with van der Waals surface area (Å²) in [7, 11) is -0.647. The predicted octanol–water partition coefficient (Wildman–Crippen LogP) is 1.39. The third kappa shape index (κ3) is 2.93. The number of carbonyl (C=O) groups is 1. The molecule has 0 unspecified atom stereocenters. The van der Waals surface area contributed by atoms with E-state index in [1.165, 1.54) is 26.6 Å². The second-order valence-electron chi connectivity index (χ2n) is 5.59. The van der Waals surface area contributed by atoms with Crippen LogP contribution in [0.3, 0.4) is 0 Å². The zero-order valence-electron chi connectivity index (χ0n) is 12.9. The molecule has 130 valence electrons. The quantitative estimate of drug-likeness (QED) is 0.716. The maximum atomic E-state index is 12.1. The second kappa shape index (κ2) is 6.28. The van der Waals surface area contributed by atoms with Crippen LogP contribution in [-0.4, -0.2) is 52.8 Å². The summed E-state index contributed by atoms with van der Waals surface area (Å²) >= 11 is 6.89. The van der Waals surface area contributed by atoms with Crippen LogP contribution in [0.5, 0.6) is 0 Å². The normalized spacial score (nSPS) is 17.9. The lowest BCUT2D eigenvalue weighted by atomic mass is 10.1. The molecule has 1 aliphatic heterocycles. The van der Waals surface area contributed by atoms with Crippen molar-refractivity contribution in [2.75, 3.05) is 20.6 Å². The van der Waals surface area contributed by atoms with Crippen LogP contribution in [0.2, 0.25) is 0 Å². The van der Waals surface area contributed by atoms with E-state index in [0.29, 0.717) is 24.4 Å². The molecule has 2 aromatic heterocycles. The van der Waals surface area contributed by atoms with Crippen molar-refractivity contribution in [1.82, 2.24) is 23.1 Å². The molecule has 1 atom stereocenters. The van der Waals surface area contributed by atoms with Gasteiger partial charge in [-0.3, -0.25) is 4.79 Å². The van der Waals surface area contributed by atoms with E-state index in [4.69, 9.17) is 0 Å². The Morgan fingerprint density at radius 1 is 1.42 bits per heavy atom. The van der Waals surface area contributed by atoms with E-state index in [1.807, 2.05) is 4.57 Å². The van der Waals surface area contributed by atoms with Crippen molar-refractivity contribution in [1.29, 1.82) is 0 Å². The topological polar surface area (TPSA) is 89.2 Å². The van der Waals surface area contributed by atoms with E-state index >= 15 is 0 Å². The van der Waals surface area contributed by atoms with Gasteiger partial charge in [-0.25, -0.2) is 8.96 Å². The van der Waals surface area contributed by atoms with Crippen molar-refractivity contribution in [3.05, 3.63) is 39.1 Å². The van der Waals surface area contributed by atoms with Crippen LogP contribution >= 0.6 is 31.9 Å². The van der Waals surface area contributed by atoms with Gasteiger partial charge in [0.2, 0.25) is 0 Å². The summed E-state index contributed by atoms with van der Waals surface area (Å²) in [5.74, 6) is -0.140. The minimum Gasteiger partial charge on any atom is -0.349 e. The monoisotopic (exact) mass is 479 g/mol. The molecule has 11 heteroatoms. The molecule has 0 radical (unpaired) electrons. The lowest BCUT2D eigenvalue weighted by molar-refractivity contribution is 0.0913. The van der Waals surface area contributed by atoms with Crippen LogP contribution in [0, 0.1) is 0 Å². The molecule has 0 saturated carbocycles. The number of fused-ring (bicyclic) bond motifs is 1. The third-order valence-corrected chi connectivity index (χ3v) is 7.42. The fourth-order valence-electron chi connectivity index (χ4n) is 2.56. The van der Waals surface area contributed by atoms with E-state index in [9.17, 15) is 13.2 Å². The zero-order chi connectivity index (χ0) is 17.6. The first kappa shape index (κ1) is 17.6. The summed E-state index contributed by atoms with van der Waals surface area (Å²) in [5, 5.41) is 2.84. The molecule has 0 aromatic carbocycles. The summed E-state index contributed by atoms with van der Waals surface area (Å²) in [6, 6.07) is 1.68. The van der Waals surface area contributed by atoms with Crippen molar-refractivity contribution in [2.45, 2.75) is 12.5 Å². The Labute approximate surface area is 156 Å². The smallest absolute Gasteiger partial charge is 0.308 e. The van der Waals surface area contributed by atoms with Gasteiger partial charge in [-0.1, -0.05) is 0 Å². The minimum atomic E-state index is -3.58. The lowest BCUT2D eigenvalue weighted by Crippen LogP contribution is -2.39. The van der Waals surface area contributed by atoms with Crippen molar-refractivity contribution < 1.29 is 13.2 Å². The van der Waals surface area contributed by atoms with Gasteiger partial charge in [-0.2, -0.15) is 12.7 Å². The molecule has 0 bridgehead atoms. The number of imidazole rings is 1. The van der Waals surface area contributed by atoms with E-state index in [2.05, 4.69) is 42.2 Å². The van der Waals surface area contributed by atoms with E-state index in [1.54, 1.807) is 6.07 Å². The Balaban J connectivity index is 1.90. The number of nitrogens with zero attached hydrogens (tertiary/aromatic N) is 4. The highest BCUT2D eigenvalue weighted by molar-refractivity contribution is 9.13. The highest BCUT2D eigenvalue weighted by atomic mass is 79.9. The minimum absolute atomic E-state index is 0.0659. The Morgan fingerprint density at radius 2 is 2.12 bits per heavy atom. The molecule has 2 aromatic rings. The van der Waals surface area contributed by atoms with Crippen LogP contribution < -0.4 is 5.32 Å². The molecule has 0 spiro atoms.